The van der Waals surface area contributed by atoms with E-state index in [9.17, 15) is 14.4 Å². The lowest BCUT2D eigenvalue weighted by Crippen LogP contribution is -2.50. The molecule has 0 aliphatic carbocycles. The molecule has 0 saturated carbocycles. The predicted octanol–water partition coefficient (Wildman–Crippen LogP) is 1.54. The normalized spacial score (nSPS) is 16.2. The van der Waals surface area contributed by atoms with Crippen LogP contribution >= 0.6 is 0 Å². The molecule has 33 heavy (non-hydrogen) atoms. The molecule has 3 aromatic carbocycles. The number of benzene rings is 3. The third kappa shape index (κ3) is 4.23. The van der Waals surface area contributed by atoms with E-state index < -0.39 is 11.8 Å². The maximum Gasteiger partial charge on any atom is 0.338 e. The molecule has 1 fully saturated rings. The van der Waals surface area contributed by atoms with Gasteiger partial charge in [0.2, 0.25) is 0 Å². The average molecular weight is 438 g/mol. The number of hydrogen-bond acceptors (Lipinski definition) is 4. The first-order chi connectivity index (χ1) is 16.1. The van der Waals surface area contributed by atoms with Crippen LogP contribution in [0.15, 0.2) is 88.8 Å². The van der Waals surface area contributed by atoms with Crippen molar-refractivity contribution in [2.75, 3.05) is 26.2 Å². The first kappa shape index (κ1) is 20.9. The summed E-state index contributed by atoms with van der Waals surface area (Å²) >= 11 is 0. The van der Waals surface area contributed by atoms with Gasteiger partial charge in [-0.05, 0) is 29.3 Å². The van der Waals surface area contributed by atoms with Gasteiger partial charge in [0.15, 0.2) is 0 Å². The standard InChI is InChI=1S/C26H22N4O3/c31-24-25(32)28-22-17-20(11-12-21(22)27-24)26(33)30-15-13-29(14-16-30)23(18-7-3-1-4-8-18)19-9-5-2-6-10-19/h1-12,17,23H,13-16H2. The molecule has 2 aliphatic rings. The maximum absolute atomic E-state index is 13.1. The van der Waals surface area contributed by atoms with Gasteiger partial charge in [0.05, 0.1) is 16.8 Å². The molecule has 0 atom stereocenters. The third-order valence-electron chi connectivity index (χ3n) is 6.05. The van der Waals surface area contributed by atoms with Crippen LogP contribution in [0.5, 0.6) is 0 Å². The van der Waals surface area contributed by atoms with E-state index in [1.54, 1.807) is 12.1 Å². The largest absolute Gasteiger partial charge is 0.338 e. The minimum Gasteiger partial charge on any atom is -0.336 e. The Bertz CT molecular complexity index is 1290. The van der Waals surface area contributed by atoms with E-state index >= 15 is 0 Å². The first-order valence-corrected chi connectivity index (χ1v) is 10.9. The minimum atomic E-state index is -0.909. The van der Waals surface area contributed by atoms with Gasteiger partial charge in [0.25, 0.3) is 5.91 Å². The molecule has 3 aromatic rings. The Morgan fingerprint density at radius 1 is 0.697 bits per heavy atom. The predicted molar refractivity (Wildman–Crippen MR) is 121 cm³/mol. The number of amides is 3. The van der Waals surface area contributed by atoms with Crippen LogP contribution in [0.2, 0.25) is 0 Å². The molecule has 0 N–H and O–H groups in total. The van der Waals surface area contributed by atoms with Crippen molar-refractivity contribution in [2.45, 2.75) is 6.04 Å². The number of nitrogens with zero attached hydrogens (tertiary/aromatic N) is 4. The number of rotatable bonds is 4. The summed E-state index contributed by atoms with van der Waals surface area (Å²) in [7, 11) is 0. The van der Waals surface area contributed by atoms with Gasteiger partial charge in [-0.25, -0.2) is 9.98 Å². The Morgan fingerprint density at radius 2 is 1.24 bits per heavy atom. The summed E-state index contributed by atoms with van der Waals surface area (Å²) in [4.78, 5) is 47.8. The van der Waals surface area contributed by atoms with Crippen molar-refractivity contribution < 1.29 is 14.4 Å². The topological polar surface area (TPSA) is 82.4 Å². The molecule has 0 spiro atoms. The van der Waals surface area contributed by atoms with Crippen LogP contribution in [-0.2, 0) is 9.59 Å². The quantitative estimate of drug-likeness (QED) is 0.579. The van der Waals surface area contributed by atoms with Crippen LogP contribution in [-0.4, -0.2) is 53.7 Å². The molecule has 0 unspecified atom stereocenters. The fourth-order valence-corrected chi connectivity index (χ4v) is 4.41. The van der Waals surface area contributed by atoms with Crippen LogP contribution in [0.25, 0.3) is 0 Å². The zero-order valence-corrected chi connectivity index (χ0v) is 17.9. The summed E-state index contributed by atoms with van der Waals surface area (Å²) in [5.41, 5.74) is 2.89. The summed E-state index contributed by atoms with van der Waals surface area (Å²) in [5, 5.41) is 0.576. The van der Waals surface area contributed by atoms with Gasteiger partial charge in [-0.15, -0.1) is 0 Å². The molecule has 7 heteroatoms. The zero-order valence-electron chi connectivity index (χ0n) is 17.9. The summed E-state index contributed by atoms with van der Waals surface area (Å²) in [5.74, 6) is -1.91. The Morgan fingerprint density at radius 3 is 1.82 bits per heavy atom. The van der Waals surface area contributed by atoms with E-state index in [2.05, 4.69) is 63.4 Å². The van der Waals surface area contributed by atoms with Crippen molar-refractivity contribution in [1.82, 2.24) is 9.80 Å². The zero-order chi connectivity index (χ0) is 22.8. The summed E-state index contributed by atoms with van der Waals surface area (Å²) in [6, 6.07) is 25.7. The molecule has 7 nitrogen and oxygen atoms in total. The van der Waals surface area contributed by atoms with E-state index in [-0.39, 0.29) is 17.3 Å². The van der Waals surface area contributed by atoms with E-state index in [0.717, 1.165) is 13.1 Å². The van der Waals surface area contributed by atoms with Crippen molar-refractivity contribution >= 4 is 17.7 Å². The second kappa shape index (κ2) is 8.88. The van der Waals surface area contributed by atoms with Crippen LogP contribution in [0.3, 0.4) is 0 Å². The molecular weight excluding hydrogens is 416 g/mol. The molecule has 0 radical (unpaired) electrons. The van der Waals surface area contributed by atoms with E-state index in [0.29, 0.717) is 24.0 Å². The Labute approximate surface area is 190 Å². The third-order valence-corrected chi connectivity index (χ3v) is 6.05. The lowest BCUT2D eigenvalue weighted by atomic mass is 9.96. The Kier molecular flexibility index (Phi) is 5.62. The van der Waals surface area contributed by atoms with Crippen LogP contribution in [0, 0.1) is 0 Å². The smallest absolute Gasteiger partial charge is 0.336 e. The van der Waals surface area contributed by atoms with Crippen molar-refractivity contribution in [1.29, 1.82) is 0 Å². The molecular formula is C26H22N4O3. The summed E-state index contributed by atoms with van der Waals surface area (Å²) in [6.07, 6.45) is 0. The highest BCUT2D eigenvalue weighted by Crippen LogP contribution is 2.29. The van der Waals surface area contributed by atoms with Gasteiger partial charge in [-0.2, -0.15) is 0 Å². The van der Waals surface area contributed by atoms with E-state index in [1.807, 2.05) is 17.0 Å². The first-order valence-electron chi connectivity index (χ1n) is 10.9. The van der Waals surface area contributed by atoms with Gasteiger partial charge in [0.1, 0.15) is 0 Å². The fraction of sp³-hybridized carbons (Fsp3) is 0.192. The van der Waals surface area contributed by atoms with Gasteiger partial charge in [-0.3, -0.25) is 19.3 Å². The number of hydrogen-bond donors (Lipinski definition) is 0. The van der Waals surface area contributed by atoms with Crippen LogP contribution < -0.4 is 10.7 Å². The van der Waals surface area contributed by atoms with Crippen molar-refractivity contribution in [2.24, 2.45) is 9.98 Å². The van der Waals surface area contributed by atoms with Gasteiger partial charge < -0.3 is 4.90 Å². The highest BCUT2D eigenvalue weighted by Gasteiger charge is 2.28. The molecule has 3 amide bonds. The Hall–Kier alpha value is -3.97. The second-order valence-electron chi connectivity index (χ2n) is 8.09. The SMILES string of the molecule is O=C1N=c2ccc(C(=O)N3CCN(C(c4ccccc4)c4ccccc4)CC3)cc2=NC1=O. The number of fused-ring (bicyclic) bond motifs is 1. The van der Waals surface area contributed by atoms with Crippen molar-refractivity contribution in [3.05, 3.63) is 106 Å². The van der Waals surface area contributed by atoms with E-state index in [1.165, 1.54) is 17.2 Å². The summed E-state index contributed by atoms with van der Waals surface area (Å²) in [6.45, 7) is 2.64. The van der Waals surface area contributed by atoms with Gasteiger partial charge in [-0.1, -0.05) is 60.7 Å². The van der Waals surface area contributed by atoms with Gasteiger partial charge >= 0.3 is 11.8 Å². The number of carbonyl (C=O) groups is 3. The lowest BCUT2D eigenvalue weighted by molar-refractivity contribution is -0.135. The monoisotopic (exact) mass is 438 g/mol. The number of carbonyl (C=O) groups excluding carboxylic acids is 3. The highest BCUT2D eigenvalue weighted by atomic mass is 16.2. The molecule has 1 saturated heterocycles. The van der Waals surface area contributed by atoms with Gasteiger partial charge in [0, 0.05) is 31.7 Å². The Balaban J connectivity index is 1.34. The molecule has 5 rings (SSSR count). The molecule has 2 heterocycles. The second-order valence-corrected chi connectivity index (χ2v) is 8.09. The fourth-order valence-electron chi connectivity index (χ4n) is 4.41. The van der Waals surface area contributed by atoms with Crippen molar-refractivity contribution in [3.8, 4) is 0 Å². The molecule has 0 bridgehead atoms. The average Bonchev–Trinajstić information content (AvgIpc) is 2.86. The highest BCUT2D eigenvalue weighted by molar-refractivity contribution is 6.36. The van der Waals surface area contributed by atoms with Crippen LogP contribution in [0.1, 0.15) is 27.5 Å². The molecule has 164 valence electrons. The number of piperazine rings is 1. The summed E-state index contributed by atoms with van der Waals surface area (Å²) < 4.78 is 0. The molecule has 2 aliphatic heterocycles. The maximum atomic E-state index is 13.1. The molecule has 0 aromatic heterocycles. The van der Waals surface area contributed by atoms with Crippen LogP contribution in [0.4, 0.5) is 0 Å². The minimum absolute atomic E-state index is 0.118. The lowest BCUT2D eigenvalue weighted by Gasteiger charge is -2.39. The van der Waals surface area contributed by atoms with E-state index in [4.69, 9.17) is 0 Å². The van der Waals surface area contributed by atoms with Crippen molar-refractivity contribution in [3.63, 3.8) is 0 Å².